The van der Waals surface area contributed by atoms with Crippen LogP contribution in [-0.4, -0.2) is 19.8 Å². The summed E-state index contributed by atoms with van der Waals surface area (Å²) in [4.78, 5) is 0. The van der Waals surface area contributed by atoms with Crippen LogP contribution in [-0.2, 0) is 4.74 Å². The molecular formula is C13H19ClN2O. The zero-order valence-corrected chi connectivity index (χ0v) is 10.9. The first kappa shape index (κ1) is 12.5. The molecule has 1 heterocycles. The van der Waals surface area contributed by atoms with Crippen molar-refractivity contribution < 1.29 is 4.74 Å². The quantitative estimate of drug-likeness (QED) is 0.815. The van der Waals surface area contributed by atoms with E-state index in [0.29, 0.717) is 5.02 Å². The van der Waals surface area contributed by atoms with Gasteiger partial charge in [0.2, 0.25) is 0 Å². The molecule has 1 aromatic carbocycles. The molecule has 0 bridgehead atoms. The highest BCUT2D eigenvalue weighted by Gasteiger charge is 2.27. The summed E-state index contributed by atoms with van der Waals surface area (Å²) in [5, 5.41) is 4.11. The average Bonchev–Trinajstić information content (AvgIpc) is 2.31. The molecule has 0 aromatic heterocycles. The maximum absolute atomic E-state index is 5.96. The summed E-state index contributed by atoms with van der Waals surface area (Å²) in [5.74, 6) is 0. The van der Waals surface area contributed by atoms with E-state index in [-0.39, 0.29) is 5.41 Å². The smallest absolute Gasteiger partial charge is 0.0589 e. The Morgan fingerprint density at radius 1 is 1.41 bits per heavy atom. The summed E-state index contributed by atoms with van der Waals surface area (Å²) in [6, 6.07) is 5.51. The Hall–Kier alpha value is -0.930. The molecule has 0 spiro atoms. The molecule has 3 N–H and O–H groups in total. The monoisotopic (exact) mass is 254 g/mol. The number of anilines is 2. The molecule has 0 unspecified atom stereocenters. The predicted molar refractivity (Wildman–Crippen MR) is 72.5 cm³/mol. The van der Waals surface area contributed by atoms with E-state index in [1.807, 2.05) is 12.1 Å². The van der Waals surface area contributed by atoms with Gasteiger partial charge in [-0.15, -0.1) is 0 Å². The molecule has 1 aliphatic heterocycles. The highest BCUT2D eigenvalue weighted by molar-refractivity contribution is 6.31. The van der Waals surface area contributed by atoms with Crippen LogP contribution in [0.2, 0.25) is 5.02 Å². The third-order valence-corrected chi connectivity index (χ3v) is 3.66. The molecule has 1 aromatic rings. The molecule has 0 atom stereocenters. The van der Waals surface area contributed by atoms with E-state index in [1.54, 1.807) is 6.07 Å². The lowest BCUT2D eigenvalue weighted by Gasteiger charge is -2.34. The Morgan fingerprint density at radius 3 is 2.82 bits per heavy atom. The first-order valence-corrected chi connectivity index (χ1v) is 6.34. The van der Waals surface area contributed by atoms with Crippen LogP contribution < -0.4 is 11.1 Å². The summed E-state index contributed by atoms with van der Waals surface area (Å²) >= 11 is 5.96. The second-order valence-electron chi connectivity index (χ2n) is 5.01. The Bertz CT molecular complexity index is 389. The number of halogens is 1. The molecule has 1 aliphatic rings. The molecule has 0 aliphatic carbocycles. The van der Waals surface area contributed by atoms with Crippen molar-refractivity contribution in [1.29, 1.82) is 0 Å². The van der Waals surface area contributed by atoms with E-state index in [1.165, 1.54) is 0 Å². The standard InChI is InChI=1S/C13H19ClN2O/c1-13(4-6-17-7-5-13)9-16-12-8-10(14)2-3-11(12)15/h2-3,8,16H,4-7,9,15H2,1H3. The van der Waals surface area contributed by atoms with E-state index in [9.17, 15) is 0 Å². The minimum atomic E-state index is 0.285. The van der Waals surface area contributed by atoms with Gasteiger partial charge in [-0.3, -0.25) is 0 Å². The molecule has 2 rings (SSSR count). The predicted octanol–water partition coefficient (Wildman–Crippen LogP) is 3.15. The fourth-order valence-corrected chi connectivity index (χ4v) is 2.20. The van der Waals surface area contributed by atoms with Crippen molar-refractivity contribution in [1.82, 2.24) is 0 Å². The van der Waals surface area contributed by atoms with Gasteiger partial charge in [0.25, 0.3) is 0 Å². The fourth-order valence-electron chi connectivity index (χ4n) is 2.03. The number of nitrogen functional groups attached to an aromatic ring is 1. The maximum atomic E-state index is 5.96. The lowest BCUT2D eigenvalue weighted by molar-refractivity contribution is 0.0300. The van der Waals surface area contributed by atoms with Gasteiger partial charge in [-0.2, -0.15) is 0 Å². The van der Waals surface area contributed by atoms with Crippen molar-refractivity contribution in [3.05, 3.63) is 23.2 Å². The highest BCUT2D eigenvalue weighted by atomic mass is 35.5. The van der Waals surface area contributed by atoms with Crippen LogP contribution in [0.4, 0.5) is 11.4 Å². The lowest BCUT2D eigenvalue weighted by atomic mass is 9.82. The number of hydrogen-bond donors (Lipinski definition) is 2. The van der Waals surface area contributed by atoms with E-state index in [4.69, 9.17) is 22.1 Å². The van der Waals surface area contributed by atoms with Crippen molar-refractivity contribution in [2.24, 2.45) is 5.41 Å². The molecule has 4 heteroatoms. The molecular weight excluding hydrogens is 236 g/mol. The minimum absolute atomic E-state index is 0.285. The zero-order chi connectivity index (χ0) is 12.3. The third kappa shape index (κ3) is 3.27. The molecule has 0 radical (unpaired) electrons. The van der Waals surface area contributed by atoms with Gasteiger partial charge >= 0.3 is 0 Å². The van der Waals surface area contributed by atoms with E-state index in [0.717, 1.165) is 44.0 Å². The van der Waals surface area contributed by atoms with Crippen molar-refractivity contribution in [3.63, 3.8) is 0 Å². The lowest BCUT2D eigenvalue weighted by Crippen LogP contribution is -2.33. The summed E-state index contributed by atoms with van der Waals surface area (Å²) in [6.07, 6.45) is 2.17. The normalized spacial score (nSPS) is 18.9. The van der Waals surface area contributed by atoms with Crippen LogP contribution >= 0.6 is 11.6 Å². The van der Waals surface area contributed by atoms with E-state index >= 15 is 0 Å². The number of nitrogens with two attached hydrogens (primary N) is 1. The molecule has 1 saturated heterocycles. The first-order chi connectivity index (χ1) is 8.09. The number of ether oxygens (including phenoxy) is 1. The summed E-state index contributed by atoms with van der Waals surface area (Å²) in [7, 11) is 0. The molecule has 0 amide bonds. The summed E-state index contributed by atoms with van der Waals surface area (Å²) in [6.45, 7) is 4.89. The number of rotatable bonds is 3. The van der Waals surface area contributed by atoms with Crippen LogP contribution in [0.5, 0.6) is 0 Å². The third-order valence-electron chi connectivity index (χ3n) is 3.42. The van der Waals surface area contributed by atoms with E-state index < -0.39 is 0 Å². The number of hydrogen-bond acceptors (Lipinski definition) is 3. The van der Waals surface area contributed by atoms with Gasteiger partial charge in [-0.25, -0.2) is 0 Å². The highest BCUT2D eigenvalue weighted by Crippen LogP contribution is 2.31. The zero-order valence-electron chi connectivity index (χ0n) is 10.1. The molecule has 3 nitrogen and oxygen atoms in total. The van der Waals surface area contributed by atoms with Crippen molar-refractivity contribution in [2.75, 3.05) is 30.8 Å². The molecule has 94 valence electrons. The van der Waals surface area contributed by atoms with Crippen molar-refractivity contribution in [3.8, 4) is 0 Å². The summed E-state index contributed by atoms with van der Waals surface area (Å²) in [5.41, 5.74) is 7.85. The van der Waals surface area contributed by atoms with Gasteiger partial charge in [0.15, 0.2) is 0 Å². The largest absolute Gasteiger partial charge is 0.397 e. The van der Waals surface area contributed by atoms with Gasteiger partial charge in [0.1, 0.15) is 0 Å². The number of benzene rings is 1. The molecule has 17 heavy (non-hydrogen) atoms. The van der Waals surface area contributed by atoms with Crippen LogP contribution in [0.3, 0.4) is 0 Å². The van der Waals surface area contributed by atoms with Crippen LogP contribution in [0, 0.1) is 5.41 Å². The second kappa shape index (κ2) is 5.15. The van der Waals surface area contributed by atoms with E-state index in [2.05, 4.69) is 12.2 Å². The van der Waals surface area contributed by atoms with Gasteiger partial charge in [-0.1, -0.05) is 18.5 Å². The Morgan fingerprint density at radius 2 is 2.12 bits per heavy atom. The SMILES string of the molecule is CC1(CNc2cc(Cl)ccc2N)CCOCC1. The average molecular weight is 255 g/mol. The Labute approximate surface area is 107 Å². The van der Waals surface area contributed by atoms with Crippen molar-refractivity contribution in [2.45, 2.75) is 19.8 Å². The van der Waals surface area contributed by atoms with Crippen LogP contribution in [0.25, 0.3) is 0 Å². The van der Waals surface area contributed by atoms with Crippen LogP contribution in [0.15, 0.2) is 18.2 Å². The minimum Gasteiger partial charge on any atom is -0.397 e. The maximum Gasteiger partial charge on any atom is 0.0589 e. The first-order valence-electron chi connectivity index (χ1n) is 5.96. The second-order valence-corrected chi connectivity index (χ2v) is 5.44. The van der Waals surface area contributed by atoms with Gasteiger partial charge in [0, 0.05) is 24.8 Å². The topological polar surface area (TPSA) is 47.3 Å². The Kier molecular flexibility index (Phi) is 3.79. The van der Waals surface area contributed by atoms with Crippen LogP contribution in [0.1, 0.15) is 19.8 Å². The summed E-state index contributed by atoms with van der Waals surface area (Å²) < 4.78 is 5.39. The Balaban J connectivity index is 1.99. The fraction of sp³-hybridized carbons (Fsp3) is 0.538. The van der Waals surface area contributed by atoms with Gasteiger partial charge < -0.3 is 15.8 Å². The van der Waals surface area contributed by atoms with Crippen molar-refractivity contribution >= 4 is 23.0 Å². The molecule has 0 saturated carbocycles. The van der Waals surface area contributed by atoms with Gasteiger partial charge in [0.05, 0.1) is 11.4 Å². The van der Waals surface area contributed by atoms with Gasteiger partial charge in [-0.05, 0) is 36.5 Å². The number of nitrogens with one attached hydrogen (secondary N) is 1. The molecule has 1 fully saturated rings.